The molecule has 0 aromatic heterocycles. The van der Waals surface area contributed by atoms with Crippen molar-refractivity contribution in [2.45, 2.75) is 12.8 Å². The Morgan fingerprint density at radius 2 is 2.00 bits per heavy atom. The van der Waals surface area contributed by atoms with Gasteiger partial charge in [-0.3, -0.25) is 10.1 Å². The van der Waals surface area contributed by atoms with Crippen molar-refractivity contribution in [2.24, 2.45) is 0 Å². The monoisotopic (exact) mass is 311 g/mol. The summed E-state index contributed by atoms with van der Waals surface area (Å²) in [6, 6.07) is 9.63. The molecular weight excluding hydrogens is 301 g/mol. The second-order valence-corrected chi connectivity index (χ2v) is 4.83. The van der Waals surface area contributed by atoms with Crippen LogP contribution in [0.2, 0.25) is 5.02 Å². The zero-order chi connectivity index (χ0) is 14.7. The number of nitro groups is 1. The molecule has 0 spiro atoms. The van der Waals surface area contributed by atoms with Crippen LogP contribution in [0.4, 0.5) is 5.69 Å². The number of hydrogen-bond donors (Lipinski definition) is 0. The number of non-ortho nitro benzene ring substituents is 1. The first-order valence-corrected chi connectivity index (χ1v) is 6.70. The number of rotatable bonds is 4. The lowest BCUT2D eigenvalue weighted by molar-refractivity contribution is -0.384. The SMILES string of the molecule is Cc1ccc([N+](=O)[O-])cc1Oc1cccc(Cl)c1CCl. The lowest BCUT2D eigenvalue weighted by Crippen LogP contribution is -1.94. The molecule has 0 unspecified atom stereocenters. The number of aryl methyl sites for hydroxylation is 1. The summed E-state index contributed by atoms with van der Waals surface area (Å²) in [6.07, 6.45) is 0. The van der Waals surface area contributed by atoms with Crippen LogP contribution in [0.1, 0.15) is 11.1 Å². The van der Waals surface area contributed by atoms with Crippen molar-refractivity contribution < 1.29 is 9.66 Å². The predicted octanol–water partition coefficient (Wildman–Crippen LogP) is 5.09. The van der Waals surface area contributed by atoms with Crippen LogP contribution in [0, 0.1) is 17.0 Å². The summed E-state index contributed by atoms with van der Waals surface area (Å²) in [7, 11) is 0. The number of nitrogens with zero attached hydrogens (tertiary/aromatic N) is 1. The maximum atomic E-state index is 10.8. The Hall–Kier alpha value is -1.78. The quantitative estimate of drug-likeness (QED) is 0.449. The zero-order valence-corrected chi connectivity index (χ0v) is 12.1. The van der Waals surface area contributed by atoms with Crippen LogP contribution in [-0.2, 0) is 5.88 Å². The van der Waals surface area contributed by atoms with E-state index in [1.165, 1.54) is 12.1 Å². The van der Waals surface area contributed by atoms with Crippen LogP contribution in [0.5, 0.6) is 11.5 Å². The van der Waals surface area contributed by atoms with Crippen molar-refractivity contribution in [3.05, 3.63) is 62.7 Å². The summed E-state index contributed by atoms with van der Waals surface area (Å²) < 4.78 is 5.73. The van der Waals surface area contributed by atoms with Crippen LogP contribution in [0.3, 0.4) is 0 Å². The number of nitro benzene ring substituents is 1. The standard InChI is InChI=1S/C14H11Cl2NO3/c1-9-5-6-10(17(18)19)7-14(9)20-13-4-2-3-12(16)11(13)8-15/h2-7H,8H2,1H3. The molecule has 0 fully saturated rings. The summed E-state index contributed by atoms with van der Waals surface area (Å²) >= 11 is 11.9. The lowest BCUT2D eigenvalue weighted by Gasteiger charge is -2.12. The third-order valence-corrected chi connectivity index (χ3v) is 3.43. The van der Waals surface area contributed by atoms with Crippen molar-refractivity contribution in [1.29, 1.82) is 0 Å². The third-order valence-electron chi connectivity index (χ3n) is 2.81. The average Bonchev–Trinajstić information content (AvgIpc) is 2.41. The van der Waals surface area contributed by atoms with E-state index >= 15 is 0 Å². The van der Waals surface area contributed by atoms with Crippen molar-refractivity contribution in [1.82, 2.24) is 0 Å². The fourth-order valence-electron chi connectivity index (χ4n) is 1.69. The molecule has 0 aliphatic heterocycles. The molecule has 20 heavy (non-hydrogen) atoms. The Morgan fingerprint density at radius 1 is 1.25 bits per heavy atom. The van der Waals surface area contributed by atoms with Crippen molar-refractivity contribution in [3.8, 4) is 11.5 Å². The summed E-state index contributed by atoms with van der Waals surface area (Å²) in [6.45, 7) is 1.81. The predicted molar refractivity (Wildman–Crippen MR) is 78.9 cm³/mol. The van der Waals surface area contributed by atoms with Gasteiger partial charge in [-0.15, -0.1) is 11.6 Å². The normalized spacial score (nSPS) is 10.3. The molecule has 4 nitrogen and oxygen atoms in total. The van der Waals surface area contributed by atoms with Gasteiger partial charge in [0.05, 0.1) is 16.9 Å². The Balaban J connectivity index is 2.42. The van der Waals surface area contributed by atoms with Gasteiger partial charge < -0.3 is 4.74 Å². The summed E-state index contributed by atoms with van der Waals surface area (Å²) in [4.78, 5) is 10.3. The van der Waals surface area contributed by atoms with E-state index in [0.717, 1.165) is 5.56 Å². The van der Waals surface area contributed by atoms with Gasteiger partial charge in [-0.1, -0.05) is 17.7 Å². The Morgan fingerprint density at radius 3 is 2.65 bits per heavy atom. The van der Waals surface area contributed by atoms with Gasteiger partial charge in [-0.05, 0) is 30.7 Å². The van der Waals surface area contributed by atoms with Gasteiger partial charge in [0.15, 0.2) is 0 Å². The molecule has 104 valence electrons. The highest BCUT2D eigenvalue weighted by molar-refractivity contribution is 6.32. The highest BCUT2D eigenvalue weighted by Gasteiger charge is 2.13. The molecule has 0 atom stereocenters. The molecule has 6 heteroatoms. The van der Waals surface area contributed by atoms with Gasteiger partial charge in [0.1, 0.15) is 11.5 Å². The minimum atomic E-state index is -0.466. The minimum absolute atomic E-state index is 0.0277. The van der Waals surface area contributed by atoms with E-state index in [2.05, 4.69) is 0 Å². The molecule has 2 aromatic carbocycles. The van der Waals surface area contributed by atoms with E-state index in [9.17, 15) is 10.1 Å². The zero-order valence-electron chi connectivity index (χ0n) is 10.6. The van der Waals surface area contributed by atoms with E-state index in [1.807, 2.05) is 6.92 Å². The molecule has 0 saturated carbocycles. The first kappa shape index (κ1) is 14.6. The molecule has 0 aliphatic rings. The van der Waals surface area contributed by atoms with Crippen molar-refractivity contribution in [3.63, 3.8) is 0 Å². The van der Waals surface area contributed by atoms with E-state index in [4.69, 9.17) is 27.9 Å². The number of alkyl halides is 1. The average molecular weight is 312 g/mol. The molecule has 0 amide bonds. The maximum absolute atomic E-state index is 10.8. The van der Waals surface area contributed by atoms with E-state index in [1.54, 1.807) is 24.3 Å². The molecule has 2 rings (SSSR count). The third kappa shape index (κ3) is 3.03. The van der Waals surface area contributed by atoms with Crippen LogP contribution in [-0.4, -0.2) is 4.92 Å². The first-order chi connectivity index (χ1) is 9.52. The Labute approximate surface area is 126 Å². The van der Waals surface area contributed by atoms with Crippen LogP contribution in [0.15, 0.2) is 36.4 Å². The topological polar surface area (TPSA) is 52.4 Å². The number of hydrogen-bond acceptors (Lipinski definition) is 3. The molecule has 0 bridgehead atoms. The number of benzene rings is 2. The lowest BCUT2D eigenvalue weighted by atomic mass is 10.2. The Kier molecular flexibility index (Phi) is 4.47. The first-order valence-electron chi connectivity index (χ1n) is 5.79. The van der Waals surface area contributed by atoms with Gasteiger partial charge in [-0.25, -0.2) is 0 Å². The van der Waals surface area contributed by atoms with Gasteiger partial charge in [0, 0.05) is 16.7 Å². The van der Waals surface area contributed by atoms with Crippen LogP contribution in [0.25, 0.3) is 0 Å². The largest absolute Gasteiger partial charge is 0.456 e. The molecule has 0 heterocycles. The van der Waals surface area contributed by atoms with Crippen molar-refractivity contribution in [2.75, 3.05) is 0 Å². The molecule has 0 aliphatic carbocycles. The molecule has 0 saturated heterocycles. The summed E-state index contributed by atoms with van der Waals surface area (Å²) in [5.41, 5.74) is 1.41. The number of halogens is 2. The van der Waals surface area contributed by atoms with Gasteiger partial charge >= 0.3 is 0 Å². The fourth-order valence-corrected chi connectivity index (χ4v) is 2.27. The van der Waals surface area contributed by atoms with Crippen molar-refractivity contribution >= 4 is 28.9 Å². The van der Waals surface area contributed by atoms with Gasteiger partial charge in [0.25, 0.3) is 5.69 Å². The van der Waals surface area contributed by atoms with E-state index in [0.29, 0.717) is 22.1 Å². The highest BCUT2D eigenvalue weighted by Crippen LogP contribution is 2.34. The molecule has 0 N–H and O–H groups in total. The molecule has 2 aromatic rings. The maximum Gasteiger partial charge on any atom is 0.273 e. The highest BCUT2D eigenvalue weighted by atomic mass is 35.5. The summed E-state index contributed by atoms with van der Waals surface area (Å²) in [5.74, 6) is 1.10. The second kappa shape index (κ2) is 6.11. The van der Waals surface area contributed by atoms with Gasteiger partial charge in [-0.2, -0.15) is 0 Å². The minimum Gasteiger partial charge on any atom is -0.456 e. The van der Waals surface area contributed by atoms with Crippen LogP contribution >= 0.6 is 23.2 Å². The summed E-state index contributed by atoms with van der Waals surface area (Å²) in [5, 5.41) is 11.3. The van der Waals surface area contributed by atoms with E-state index < -0.39 is 4.92 Å². The number of ether oxygens (including phenoxy) is 1. The fraction of sp³-hybridized carbons (Fsp3) is 0.143. The smallest absolute Gasteiger partial charge is 0.273 e. The second-order valence-electron chi connectivity index (χ2n) is 4.16. The Bertz CT molecular complexity index is 659. The molecular formula is C14H11Cl2NO3. The van der Waals surface area contributed by atoms with Gasteiger partial charge in [0.2, 0.25) is 0 Å². The molecule has 0 radical (unpaired) electrons. The van der Waals surface area contributed by atoms with E-state index in [-0.39, 0.29) is 11.6 Å². The van der Waals surface area contributed by atoms with Crippen LogP contribution < -0.4 is 4.74 Å².